The Bertz CT molecular complexity index is 582. The lowest BCUT2D eigenvalue weighted by Crippen LogP contribution is -2.59. The molecule has 118 valence electrons. The summed E-state index contributed by atoms with van der Waals surface area (Å²) >= 11 is 0. The predicted octanol–water partition coefficient (Wildman–Crippen LogP) is -3.69. The van der Waals surface area contributed by atoms with Crippen LogP contribution in [-0.2, 0) is 16.2 Å². The van der Waals surface area contributed by atoms with Crippen LogP contribution in [0.5, 0.6) is 0 Å². The molecule has 10 heteroatoms. The molecule has 5 atom stereocenters. The van der Waals surface area contributed by atoms with E-state index in [1.165, 1.54) is 6.20 Å². The van der Waals surface area contributed by atoms with E-state index in [4.69, 9.17) is 14.6 Å². The fourth-order valence-corrected chi connectivity index (χ4v) is 1.90. The monoisotopic (exact) mass is 304 g/mol. The van der Waals surface area contributed by atoms with Gasteiger partial charge in [-0.1, -0.05) is 0 Å². The lowest BCUT2D eigenvalue weighted by Gasteiger charge is -2.39. The molecular formula is C11H16N2O8. The van der Waals surface area contributed by atoms with E-state index in [1.54, 1.807) is 0 Å². The van der Waals surface area contributed by atoms with Crippen LogP contribution in [-0.4, -0.2) is 67.3 Å². The maximum Gasteiger partial charge on any atom is 0.330 e. The Balaban J connectivity index is 2.05. The van der Waals surface area contributed by atoms with E-state index < -0.39 is 48.6 Å². The van der Waals surface area contributed by atoms with Crippen LogP contribution in [0.15, 0.2) is 21.9 Å². The number of H-pyrrole nitrogens is 1. The number of aromatic nitrogens is 2. The average Bonchev–Trinajstić information content (AvgIpc) is 2.46. The van der Waals surface area contributed by atoms with Gasteiger partial charge in [0.2, 0.25) is 0 Å². The second kappa shape index (κ2) is 6.47. The quantitative estimate of drug-likeness (QED) is 0.381. The van der Waals surface area contributed by atoms with Crippen LogP contribution in [0.1, 0.15) is 0 Å². The zero-order valence-electron chi connectivity index (χ0n) is 10.8. The van der Waals surface area contributed by atoms with Crippen LogP contribution < -0.4 is 11.2 Å². The van der Waals surface area contributed by atoms with Gasteiger partial charge in [-0.25, -0.2) is 4.79 Å². The molecule has 0 aliphatic carbocycles. The molecule has 1 aromatic heterocycles. The van der Waals surface area contributed by atoms with Crippen molar-refractivity contribution in [2.75, 3.05) is 6.61 Å². The molecule has 21 heavy (non-hydrogen) atoms. The molecular weight excluding hydrogens is 288 g/mol. The van der Waals surface area contributed by atoms with Gasteiger partial charge in [0.1, 0.15) is 31.1 Å². The molecule has 10 nitrogen and oxygen atoms in total. The Labute approximate surface area is 117 Å². The summed E-state index contributed by atoms with van der Waals surface area (Å²) in [6, 6.07) is 1.11. The minimum atomic E-state index is -1.56. The summed E-state index contributed by atoms with van der Waals surface area (Å²) in [7, 11) is 0. The first-order valence-corrected chi connectivity index (χ1v) is 6.16. The number of hydrogen-bond donors (Lipinski definition) is 5. The number of aliphatic hydroxyl groups excluding tert-OH is 4. The lowest BCUT2D eigenvalue weighted by molar-refractivity contribution is -0.308. The van der Waals surface area contributed by atoms with Crippen LogP contribution in [0.2, 0.25) is 0 Å². The Hall–Kier alpha value is -1.56. The molecule has 2 heterocycles. The van der Waals surface area contributed by atoms with E-state index in [0.29, 0.717) is 0 Å². The van der Waals surface area contributed by atoms with Crippen molar-refractivity contribution in [3.63, 3.8) is 0 Å². The standard InChI is InChI=1S/C11H16N2O8/c14-3-5-7(16)8(17)9(18)10(21-5)20-4-13-2-1-6(15)12-11(13)19/h1-2,5,7-10,14,16-18H,3-4H2,(H,12,15,19)/t5-,7-,8+,9-,10?/m1/s1. The zero-order valence-corrected chi connectivity index (χ0v) is 10.8. The third-order valence-corrected chi connectivity index (χ3v) is 3.12. The normalized spacial score (nSPS) is 33.0. The highest BCUT2D eigenvalue weighted by molar-refractivity contribution is 4.89. The SMILES string of the molecule is O=c1ccn(COC2O[C@H](CO)[C@@H](O)[C@H](O)[C@H]2O)c(=O)[nH]1. The van der Waals surface area contributed by atoms with Crippen molar-refractivity contribution < 1.29 is 29.9 Å². The Morgan fingerprint density at radius 3 is 2.57 bits per heavy atom. The van der Waals surface area contributed by atoms with Crippen LogP contribution in [0.3, 0.4) is 0 Å². The maximum absolute atomic E-state index is 11.4. The summed E-state index contributed by atoms with van der Waals surface area (Å²) in [6.45, 7) is -0.943. The summed E-state index contributed by atoms with van der Waals surface area (Å²) in [6.07, 6.45) is -5.86. The molecule has 1 aliphatic heterocycles. The average molecular weight is 304 g/mol. The highest BCUT2D eigenvalue weighted by Crippen LogP contribution is 2.21. The highest BCUT2D eigenvalue weighted by atomic mass is 16.7. The van der Waals surface area contributed by atoms with Gasteiger partial charge >= 0.3 is 5.69 Å². The Morgan fingerprint density at radius 2 is 1.95 bits per heavy atom. The fraction of sp³-hybridized carbons (Fsp3) is 0.636. The first kappa shape index (κ1) is 15.8. The van der Waals surface area contributed by atoms with Crippen molar-refractivity contribution >= 4 is 0 Å². The summed E-state index contributed by atoms with van der Waals surface area (Å²) < 4.78 is 11.2. The second-order valence-corrected chi connectivity index (χ2v) is 4.57. The molecule has 5 N–H and O–H groups in total. The molecule has 2 rings (SSSR count). The summed E-state index contributed by atoms with van der Waals surface area (Å²) in [5.41, 5.74) is -1.28. The van der Waals surface area contributed by atoms with Gasteiger partial charge in [0.15, 0.2) is 6.29 Å². The van der Waals surface area contributed by atoms with E-state index in [9.17, 15) is 24.9 Å². The molecule has 1 aromatic rings. The van der Waals surface area contributed by atoms with Crippen LogP contribution in [0.25, 0.3) is 0 Å². The number of hydrogen-bond acceptors (Lipinski definition) is 8. The molecule has 0 saturated carbocycles. The number of aliphatic hydroxyl groups is 4. The molecule has 1 saturated heterocycles. The van der Waals surface area contributed by atoms with E-state index in [0.717, 1.165) is 10.6 Å². The van der Waals surface area contributed by atoms with Gasteiger partial charge in [0, 0.05) is 12.3 Å². The topological polar surface area (TPSA) is 154 Å². The number of nitrogens with zero attached hydrogens (tertiary/aromatic N) is 1. The van der Waals surface area contributed by atoms with Crippen molar-refractivity contribution in [1.29, 1.82) is 0 Å². The van der Waals surface area contributed by atoms with E-state index in [-0.39, 0.29) is 6.73 Å². The largest absolute Gasteiger partial charge is 0.394 e. The lowest BCUT2D eigenvalue weighted by atomic mass is 9.99. The highest BCUT2D eigenvalue weighted by Gasteiger charge is 2.44. The molecule has 0 spiro atoms. The first-order chi connectivity index (χ1) is 9.93. The van der Waals surface area contributed by atoms with Crippen LogP contribution >= 0.6 is 0 Å². The van der Waals surface area contributed by atoms with E-state index in [1.807, 2.05) is 4.98 Å². The molecule has 0 aromatic carbocycles. The third kappa shape index (κ3) is 3.37. The third-order valence-electron chi connectivity index (χ3n) is 3.12. The zero-order chi connectivity index (χ0) is 15.6. The molecule has 0 amide bonds. The molecule has 1 unspecified atom stereocenters. The van der Waals surface area contributed by atoms with Crippen molar-refractivity contribution in [2.24, 2.45) is 0 Å². The Kier molecular flexibility index (Phi) is 4.88. The fourth-order valence-electron chi connectivity index (χ4n) is 1.90. The summed E-state index contributed by atoms with van der Waals surface area (Å²) in [5.74, 6) is 0. The van der Waals surface area contributed by atoms with Crippen molar-refractivity contribution in [1.82, 2.24) is 9.55 Å². The van der Waals surface area contributed by atoms with Gasteiger partial charge in [0.05, 0.1) is 6.61 Å². The predicted molar refractivity (Wildman–Crippen MR) is 66.2 cm³/mol. The molecule has 1 fully saturated rings. The maximum atomic E-state index is 11.4. The minimum absolute atomic E-state index is 0.363. The number of aromatic amines is 1. The number of nitrogens with one attached hydrogen (secondary N) is 1. The van der Waals surface area contributed by atoms with Gasteiger partial charge in [0.25, 0.3) is 5.56 Å². The number of rotatable bonds is 4. The van der Waals surface area contributed by atoms with E-state index in [2.05, 4.69) is 0 Å². The van der Waals surface area contributed by atoms with Gasteiger partial charge in [-0.2, -0.15) is 0 Å². The van der Waals surface area contributed by atoms with Gasteiger partial charge in [-0.3, -0.25) is 14.3 Å². The Morgan fingerprint density at radius 1 is 1.24 bits per heavy atom. The smallest absolute Gasteiger partial charge is 0.330 e. The van der Waals surface area contributed by atoms with Crippen LogP contribution in [0, 0.1) is 0 Å². The summed E-state index contributed by atoms with van der Waals surface area (Å²) in [5, 5.41) is 37.9. The van der Waals surface area contributed by atoms with Crippen molar-refractivity contribution in [3.05, 3.63) is 33.1 Å². The molecule has 0 radical (unpaired) electrons. The van der Waals surface area contributed by atoms with Crippen molar-refractivity contribution in [3.8, 4) is 0 Å². The van der Waals surface area contributed by atoms with Gasteiger partial charge < -0.3 is 29.9 Å². The molecule has 0 bridgehead atoms. The molecule has 1 aliphatic rings. The van der Waals surface area contributed by atoms with E-state index >= 15 is 0 Å². The summed E-state index contributed by atoms with van der Waals surface area (Å²) in [4.78, 5) is 24.3. The second-order valence-electron chi connectivity index (χ2n) is 4.57. The minimum Gasteiger partial charge on any atom is -0.394 e. The van der Waals surface area contributed by atoms with Gasteiger partial charge in [-0.05, 0) is 0 Å². The van der Waals surface area contributed by atoms with Crippen molar-refractivity contribution in [2.45, 2.75) is 37.4 Å². The number of ether oxygens (including phenoxy) is 2. The first-order valence-electron chi connectivity index (χ1n) is 6.16. The van der Waals surface area contributed by atoms with Crippen LogP contribution in [0.4, 0.5) is 0 Å². The van der Waals surface area contributed by atoms with Gasteiger partial charge in [-0.15, -0.1) is 0 Å².